The van der Waals surface area contributed by atoms with Crippen molar-refractivity contribution in [1.82, 2.24) is 0 Å². The molecule has 1 unspecified atom stereocenters. The van der Waals surface area contributed by atoms with Gasteiger partial charge in [-0.3, -0.25) is 0 Å². The Morgan fingerprint density at radius 2 is 1.94 bits per heavy atom. The fraction of sp³-hybridized carbons (Fsp3) is 0.600. The van der Waals surface area contributed by atoms with Crippen LogP contribution in [0.3, 0.4) is 0 Å². The molecular formula is C15H22O3. The molecule has 0 spiro atoms. The molecule has 3 heteroatoms. The van der Waals surface area contributed by atoms with Crippen molar-refractivity contribution in [2.24, 2.45) is 5.92 Å². The van der Waals surface area contributed by atoms with Crippen molar-refractivity contribution in [1.29, 1.82) is 0 Å². The third kappa shape index (κ3) is 3.72. The average molecular weight is 250 g/mol. The Hall–Kier alpha value is -1.06. The van der Waals surface area contributed by atoms with E-state index in [0.29, 0.717) is 18.3 Å². The van der Waals surface area contributed by atoms with E-state index in [9.17, 15) is 10.2 Å². The van der Waals surface area contributed by atoms with Crippen LogP contribution in [0.15, 0.2) is 24.3 Å². The normalized spacial score (nSPS) is 17.9. The summed E-state index contributed by atoms with van der Waals surface area (Å²) in [4.78, 5) is 0. The van der Waals surface area contributed by atoms with Crippen LogP contribution in [0.5, 0.6) is 5.75 Å². The summed E-state index contributed by atoms with van der Waals surface area (Å²) in [6.07, 6.45) is 5.51. The maximum Gasteiger partial charge on any atom is 0.124 e. The van der Waals surface area contributed by atoms with Gasteiger partial charge in [-0.15, -0.1) is 0 Å². The predicted molar refractivity (Wildman–Crippen MR) is 70.4 cm³/mol. The lowest BCUT2D eigenvalue weighted by Crippen LogP contribution is -2.20. The van der Waals surface area contributed by atoms with Crippen molar-refractivity contribution in [2.75, 3.05) is 6.61 Å². The lowest BCUT2D eigenvalue weighted by molar-refractivity contribution is 0.0843. The van der Waals surface area contributed by atoms with Crippen molar-refractivity contribution in [3.8, 4) is 5.75 Å². The molecule has 0 bridgehead atoms. The van der Waals surface area contributed by atoms with Crippen molar-refractivity contribution in [3.63, 3.8) is 0 Å². The molecule has 0 radical (unpaired) electrons. The maximum absolute atomic E-state index is 9.95. The van der Waals surface area contributed by atoms with Gasteiger partial charge < -0.3 is 14.9 Å². The lowest BCUT2D eigenvalue weighted by Gasteiger charge is -2.17. The van der Waals surface area contributed by atoms with Crippen molar-refractivity contribution >= 4 is 0 Å². The molecule has 1 aromatic carbocycles. The summed E-state index contributed by atoms with van der Waals surface area (Å²) in [5.74, 6) is 1.34. The number of hydrogen-bond acceptors (Lipinski definition) is 3. The van der Waals surface area contributed by atoms with Gasteiger partial charge in [0.2, 0.25) is 0 Å². The smallest absolute Gasteiger partial charge is 0.124 e. The highest BCUT2D eigenvalue weighted by Crippen LogP contribution is 2.28. The third-order valence-corrected chi connectivity index (χ3v) is 3.65. The number of aliphatic hydroxyl groups is 2. The van der Waals surface area contributed by atoms with E-state index in [0.717, 1.165) is 12.0 Å². The summed E-state index contributed by atoms with van der Waals surface area (Å²) >= 11 is 0. The fourth-order valence-corrected chi connectivity index (χ4v) is 2.66. The zero-order valence-electron chi connectivity index (χ0n) is 10.7. The van der Waals surface area contributed by atoms with E-state index in [4.69, 9.17) is 4.74 Å². The van der Waals surface area contributed by atoms with E-state index in [1.165, 1.54) is 25.7 Å². The molecule has 0 heterocycles. The van der Waals surface area contributed by atoms with Crippen LogP contribution in [0.25, 0.3) is 0 Å². The first-order valence-electron chi connectivity index (χ1n) is 6.79. The molecule has 1 aliphatic rings. The van der Waals surface area contributed by atoms with E-state index in [1.54, 1.807) is 0 Å². The number of benzene rings is 1. The van der Waals surface area contributed by atoms with Gasteiger partial charge in [-0.25, -0.2) is 0 Å². The highest BCUT2D eigenvalue weighted by molar-refractivity contribution is 5.32. The summed E-state index contributed by atoms with van der Waals surface area (Å²) in [7, 11) is 0. The molecule has 100 valence electrons. The minimum absolute atomic E-state index is 0.0328. The van der Waals surface area contributed by atoms with E-state index in [2.05, 4.69) is 0 Å². The minimum Gasteiger partial charge on any atom is -0.491 e. The van der Waals surface area contributed by atoms with Crippen LogP contribution in [0, 0.1) is 5.92 Å². The van der Waals surface area contributed by atoms with Gasteiger partial charge in [0.1, 0.15) is 12.4 Å². The monoisotopic (exact) mass is 250 g/mol. The van der Waals surface area contributed by atoms with E-state index >= 15 is 0 Å². The highest BCUT2D eigenvalue weighted by atomic mass is 16.5. The summed E-state index contributed by atoms with van der Waals surface area (Å²) in [6, 6.07) is 7.40. The van der Waals surface area contributed by atoms with Crippen LogP contribution < -0.4 is 4.74 Å². The molecule has 2 rings (SSSR count). The zero-order chi connectivity index (χ0) is 12.8. The highest BCUT2D eigenvalue weighted by Gasteiger charge is 2.19. The predicted octanol–water partition coefficient (Wildman–Crippen LogP) is 2.50. The number of rotatable bonds is 6. The molecule has 0 aliphatic heterocycles. The van der Waals surface area contributed by atoms with Gasteiger partial charge in [0.15, 0.2) is 0 Å². The van der Waals surface area contributed by atoms with Gasteiger partial charge in [0.25, 0.3) is 0 Å². The van der Waals surface area contributed by atoms with Crippen LogP contribution in [0.2, 0.25) is 0 Å². The van der Waals surface area contributed by atoms with Gasteiger partial charge in [-0.2, -0.15) is 0 Å². The van der Waals surface area contributed by atoms with Gasteiger partial charge in [0.05, 0.1) is 12.7 Å². The van der Waals surface area contributed by atoms with E-state index < -0.39 is 6.10 Å². The number of hydrogen-bond donors (Lipinski definition) is 2. The lowest BCUT2D eigenvalue weighted by atomic mass is 10.0. The van der Waals surface area contributed by atoms with Gasteiger partial charge in [0, 0.05) is 5.56 Å². The number of aliphatic hydroxyl groups excluding tert-OH is 2. The van der Waals surface area contributed by atoms with Crippen molar-refractivity contribution in [2.45, 2.75) is 44.8 Å². The van der Waals surface area contributed by atoms with Crippen LogP contribution in [-0.4, -0.2) is 22.9 Å². The Balaban J connectivity index is 1.79. The molecule has 0 amide bonds. The Bertz CT molecular complexity index is 359. The van der Waals surface area contributed by atoms with Gasteiger partial charge in [-0.1, -0.05) is 43.9 Å². The molecule has 2 N–H and O–H groups in total. The largest absolute Gasteiger partial charge is 0.491 e. The second kappa shape index (κ2) is 6.76. The van der Waals surface area contributed by atoms with Crippen molar-refractivity contribution in [3.05, 3.63) is 29.8 Å². The quantitative estimate of drug-likeness (QED) is 0.815. The summed E-state index contributed by atoms with van der Waals surface area (Å²) < 4.78 is 5.59. The standard InChI is InChI=1S/C15H22O3/c16-10-13-7-3-4-8-15(13)18-11-14(17)9-12-5-1-2-6-12/h3-4,7-8,12,14,16-17H,1-2,5-6,9-11H2. The van der Waals surface area contributed by atoms with Crippen molar-refractivity contribution < 1.29 is 14.9 Å². The molecule has 1 saturated carbocycles. The van der Waals surface area contributed by atoms with Crippen LogP contribution in [0.1, 0.15) is 37.7 Å². The molecule has 18 heavy (non-hydrogen) atoms. The Labute approximate surface area is 108 Å². The van der Waals surface area contributed by atoms with Gasteiger partial charge in [-0.05, 0) is 18.4 Å². The molecule has 3 nitrogen and oxygen atoms in total. The van der Waals surface area contributed by atoms with E-state index in [1.807, 2.05) is 24.3 Å². The topological polar surface area (TPSA) is 49.7 Å². The van der Waals surface area contributed by atoms with Crippen LogP contribution in [0.4, 0.5) is 0 Å². The molecule has 0 saturated heterocycles. The molecular weight excluding hydrogens is 228 g/mol. The molecule has 1 aromatic rings. The van der Waals surface area contributed by atoms with Crippen LogP contribution >= 0.6 is 0 Å². The Kier molecular flexibility index (Phi) is 5.02. The summed E-state index contributed by atoms with van der Waals surface area (Å²) in [5, 5.41) is 19.1. The second-order valence-corrected chi connectivity index (χ2v) is 5.12. The number of para-hydroxylation sites is 1. The van der Waals surface area contributed by atoms with Crippen LogP contribution in [-0.2, 0) is 6.61 Å². The zero-order valence-corrected chi connectivity index (χ0v) is 10.7. The van der Waals surface area contributed by atoms with Gasteiger partial charge >= 0.3 is 0 Å². The molecule has 1 fully saturated rings. The summed E-state index contributed by atoms with van der Waals surface area (Å²) in [5.41, 5.74) is 0.769. The number of ether oxygens (including phenoxy) is 1. The first-order chi connectivity index (χ1) is 8.79. The first kappa shape index (κ1) is 13.4. The summed E-state index contributed by atoms with van der Waals surface area (Å²) in [6.45, 7) is 0.280. The second-order valence-electron chi connectivity index (χ2n) is 5.12. The first-order valence-corrected chi connectivity index (χ1v) is 6.79. The Morgan fingerprint density at radius 3 is 2.67 bits per heavy atom. The minimum atomic E-state index is -0.403. The SMILES string of the molecule is OCc1ccccc1OCC(O)CC1CCCC1. The third-order valence-electron chi connectivity index (χ3n) is 3.65. The molecule has 0 aromatic heterocycles. The fourth-order valence-electron chi connectivity index (χ4n) is 2.66. The Morgan fingerprint density at radius 1 is 1.22 bits per heavy atom. The maximum atomic E-state index is 9.95. The molecule has 1 aliphatic carbocycles. The van der Waals surface area contributed by atoms with E-state index in [-0.39, 0.29) is 6.61 Å². The average Bonchev–Trinajstić information content (AvgIpc) is 2.89. The molecule has 1 atom stereocenters.